The van der Waals surface area contributed by atoms with E-state index in [4.69, 9.17) is 35.4 Å². The Bertz CT molecular complexity index is 825. The summed E-state index contributed by atoms with van der Waals surface area (Å²) in [5, 5.41) is 4.92. The van der Waals surface area contributed by atoms with Gasteiger partial charge in [-0.05, 0) is 61.8 Å². The molecular formula is C20H20Cl2N2OS. The van der Waals surface area contributed by atoms with Crippen molar-refractivity contribution in [2.24, 2.45) is 0 Å². The summed E-state index contributed by atoms with van der Waals surface area (Å²) in [5.41, 5.74) is 0.797. The van der Waals surface area contributed by atoms with Gasteiger partial charge >= 0.3 is 0 Å². The predicted molar refractivity (Wildman–Crippen MR) is 112 cm³/mol. The van der Waals surface area contributed by atoms with Crippen LogP contribution in [0.1, 0.15) is 31.2 Å². The molecule has 1 N–H and O–H groups in total. The second kappa shape index (κ2) is 7.95. The third kappa shape index (κ3) is 3.59. The molecule has 0 saturated heterocycles. The number of hydrogen-bond acceptors (Lipinski definition) is 2. The van der Waals surface area contributed by atoms with Gasteiger partial charge in [0.1, 0.15) is 5.54 Å². The van der Waals surface area contributed by atoms with Gasteiger partial charge in [0.2, 0.25) is 0 Å². The molecule has 1 fully saturated rings. The van der Waals surface area contributed by atoms with Gasteiger partial charge in [-0.1, -0.05) is 41.4 Å². The Morgan fingerprint density at radius 2 is 1.81 bits per heavy atom. The first-order valence-corrected chi connectivity index (χ1v) is 9.70. The average Bonchev–Trinajstić information content (AvgIpc) is 2.64. The molecule has 0 aliphatic heterocycles. The van der Waals surface area contributed by atoms with Crippen LogP contribution in [0.15, 0.2) is 48.5 Å². The fraction of sp³-hybridized carbons (Fsp3) is 0.300. The molecule has 0 spiro atoms. The van der Waals surface area contributed by atoms with Gasteiger partial charge in [0.25, 0.3) is 0 Å². The number of anilines is 1. The first-order valence-electron chi connectivity index (χ1n) is 8.54. The van der Waals surface area contributed by atoms with Gasteiger partial charge < -0.3 is 10.2 Å². The van der Waals surface area contributed by atoms with Crippen LogP contribution in [0.5, 0.6) is 0 Å². The zero-order valence-electron chi connectivity index (χ0n) is 14.5. The number of carbonyl (C=O) groups is 1. The van der Waals surface area contributed by atoms with Gasteiger partial charge in [0.15, 0.2) is 10.9 Å². The molecule has 1 aliphatic carbocycles. The number of rotatable bonds is 3. The van der Waals surface area contributed by atoms with Crippen molar-refractivity contribution in [1.82, 2.24) is 4.90 Å². The molecule has 1 saturated carbocycles. The number of Topliss-reactive ketones (excluding diaryl/α,β-unsaturated/α-hetero) is 1. The quantitative estimate of drug-likeness (QED) is 0.666. The molecule has 0 bridgehead atoms. The van der Waals surface area contributed by atoms with Gasteiger partial charge in [-0.2, -0.15) is 0 Å². The van der Waals surface area contributed by atoms with E-state index in [1.54, 1.807) is 12.1 Å². The van der Waals surface area contributed by atoms with Crippen molar-refractivity contribution < 1.29 is 4.79 Å². The van der Waals surface area contributed by atoms with Crippen LogP contribution in [-0.2, 0) is 10.3 Å². The zero-order valence-corrected chi connectivity index (χ0v) is 16.8. The first kappa shape index (κ1) is 19.2. The van der Waals surface area contributed by atoms with Crippen LogP contribution in [0.25, 0.3) is 0 Å². The molecular weight excluding hydrogens is 387 g/mol. The summed E-state index contributed by atoms with van der Waals surface area (Å²) in [4.78, 5) is 15.0. The molecule has 3 nitrogen and oxygen atoms in total. The predicted octanol–water partition coefficient (Wildman–Crippen LogP) is 5.66. The minimum absolute atomic E-state index is 0.152. The summed E-state index contributed by atoms with van der Waals surface area (Å²) in [7, 11) is 1.86. The zero-order chi connectivity index (χ0) is 18.7. The molecule has 1 atom stereocenters. The standard InChI is InChI=1S/C20H20Cl2N2OS/c1-24(19(26)23-15-11-9-14(21)10-12-15)20(13-5-4-8-18(20)25)16-6-2-3-7-17(16)22/h2-3,6-7,9-12H,4-5,8,13H2,1H3,(H,23,26)/t20-/m1/s1. The summed E-state index contributed by atoms with van der Waals surface area (Å²) in [6.07, 6.45) is 3.06. The van der Waals surface area contributed by atoms with E-state index in [9.17, 15) is 4.79 Å². The number of likely N-dealkylation sites (N-methyl/N-ethyl adjacent to an activating group) is 1. The van der Waals surface area contributed by atoms with Gasteiger partial charge in [-0.25, -0.2) is 0 Å². The molecule has 0 unspecified atom stereocenters. The maximum absolute atomic E-state index is 13.1. The minimum atomic E-state index is -0.840. The van der Waals surface area contributed by atoms with Gasteiger partial charge in [-0.15, -0.1) is 0 Å². The fourth-order valence-electron chi connectivity index (χ4n) is 3.54. The number of hydrogen-bond donors (Lipinski definition) is 1. The molecule has 2 aromatic rings. The third-order valence-electron chi connectivity index (χ3n) is 4.95. The molecule has 2 aromatic carbocycles. The van der Waals surface area contributed by atoms with Crippen LogP contribution in [0.4, 0.5) is 5.69 Å². The van der Waals surface area contributed by atoms with E-state index >= 15 is 0 Å². The first-order chi connectivity index (χ1) is 12.4. The third-order valence-corrected chi connectivity index (χ3v) is 5.90. The average molecular weight is 407 g/mol. The summed E-state index contributed by atoms with van der Waals surface area (Å²) in [6, 6.07) is 14.8. The Kier molecular flexibility index (Phi) is 5.86. The van der Waals surface area contributed by atoms with E-state index in [-0.39, 0.29) is 5.78 Å². The lowest BCUT2D eigenvalue weighted by Crippen LogP contribution is -2.55. The lowest BCUT2D eigenvalue weighted by molar-refractivity contribution is -0.131. The Morgan fingerprint density at radius 1 is 1.12 bits per heavy atom. The maximum atomic E-state index is 13.1. The molecule has 0 heterocycles. The largest absolute Gasteiger partial charge is 0.335 e. The fourth-order valence-corrected chi connectivity index (χ4v) is 4.24. The van der Waals surface area contributed by atoms with Crippen molar-refractivity contribution >= 4 is 52.0 Å². The number of nitrogens with one attached hydrogen (secondary N) is 1. The highest BCUT2D eigenvalue weighted by Crippen LogP contribution is 2.42. The molecule has 136 valence electrons. The van der Waals surface area contributed by atoms with Crippen molar-refractivity contribution in [3.63, 3.8) is 0 Å². The second-order valence-corrected chi connectivity index (χ2v) is 7.70. The minimum Gasteiger partial charge on any atom is -0.335 e. The lowest BCUT2D eigenvalue weighted by Gasteiger charge is -2.45. The highest BCUT2D eigenvalue weighted by Gasteiger charge is 2.47. The van der Waals surface area contributed by atoms with Crippen molar-refractivity contribution in [2.45, 2.75) is 31.2 Å². The Hall–Kier alpha value is -1.62. The van der Waals surface area contributed by atoms with E-state index in [1.807, 2.05) is 48.3 Å². The van der Waals surface area contributed by atoms with Gasteiger partial charge in [-0.3, -0.25) is 4.79 Å². The van der Waals surface area contributed by atoms with Crippen LogP contribution >= 0.6 is 35.4 Å². The van der Waals surface area contributed by atoms with Crippen molar-refractivity contribution in [1.29, 1.82) is 0 Å². The van der Waals surface area contributed by atoms with E-state index in [0.29, 0.717) is 28.0 Å². The van der Waals surface area contributed by atoms with E-state index in [0.717, 1.165) is 24.1 Å². The molecule has 0 amide bonds. The van der Waals surface area contributed by atoms with E-state index in [2.05, 4.69) is 5.32 Å². The van der Waals surface area contributed by atoms with Crippen LogP contribution in [0.3, 0.4) is 0 Å². The van der Waals surface area contributed by atoms with Crippen LogP contribution in [-0.4, -0.2) is 22.8 Å². The summed E-state index contributed by atoms with van der Waals surface area (Å²) >= 11 is 18.0. The lowest BCUT2D eigenvalue weighted by atomic mass is 9.74. The monoisotopic (exact) mass is 406 g/mol. The highest BCUT2D eigenvalue weighted by molar-refractivity contribution is 7.80. The summed E-state index contributed by atoms with van der Waals surface area (Å²) in [5.74, 6) is 0.152. The number of carbonyl (C=O) groups excluding carboxylic acids is 1. The topological polar surface area (TPSA) is 32.3 Å². The van der Waals surface area contributed by atoms with Crippen molar-refractivity contribution in [3.8, 4) is 0 Å². The molecule has 1 aliphatic rings. The second-order valence-electron chi connectivity index (χ2n) is 6.47. The molecule has 3 rings (SSSR count). The van der Waals surface area contributed by atoms with E-state index < -0.39 is 5.54 Å². The Labute approximate surface area is 169 Å². The van der Waals surface area contributed by atoms with Gasteiger partial charge in [0, 0.05) is 34.8 Å². The normalized spacial score (nSPS) is 19.9. The number of thiocarbonyl (C=S) groups is 1. The van der Waals surface area contributed by atoms with Crippen LogP contribution < -0.4 is 5.32 Å². The number of benzene rings is 2. The molecule has 0 radical (unpaired) electrons. The Morgan fingerprint density at radius 3 is 2.46 bits per heavy atom. The molecule has 0 aromatic heterocycles. The van der Waals surface area contributed by atoms with E-state index in [1.165, 1.54) is 0 Å². The Balaban J connectivity index is 1.96. The van der Waals surface area contributed by atoms with Gasteiger partial charge in [0.05, 0.1) is 0 Å². The summed E-state index contributed by atoms with van der Waals surface area (Å²) < 4.78 is 0. The smallest absolute Gasteiger partial charge is 0.174 e. The number of nitrogens with zero attached hydrogens (tertiary/aromatic N) is 1. The van der Waals surface area contributed by atoms with Crippen LogP contribution in [0.2, 0.25) is 10.0 Å². The van der Waals surface area contributed by atoms with Crippen molar-refractivity contribution in [3.05, 3.63) is 64.1 Å². The highest BCUT2D eigenvalue weighted by atomic mass is 35.5. The molecule has 6 heteroatoms. The SMILES string of the molecule is CN(C(=S)Nc1ccc(Cl)cc1)[C@@]1(c2ccccc2Cl)CCCCC1=O. The summed E-state index contributed by atoms with van der Waals surface area (Å²) in [6.45, 7) is 0. The number of halogens is 2. The number of ketones is 1. The maximum Gasteiger partial charge on any atom is 0.174 e. The van der Waals surface area contributed by atoms with Crippen molar-refractivity contribution in [2.75, 3.05) is 12.4 Å². The molecule has 26 heavy (non-hydrogen) atoms. The van der Waals surface area contributed by atoms with Crippen LogP contribution in [0, 0.1) is 0 Å².